The third kappa shape index (κ3) is 5.65. The van der Waals surface area contributed by atoms with Crippen molar-refractivity contribution in [2.24, 2.45) is 11.7 Å². The summed E-state index contributed by atoms with van der Waals surface area (Å²) >= 11 is 0. The van der Waals surface area contributed by atoms with E-state index >= 15 is 0 Å². The molecule has 128 valence electrons. The van der Waals surface area contributed by atoms with Crippen LogP contribution >= 0.6 is 12.4 Å². The van der Waals surface area contributed by atoms with Gasteiger partial charge in [0.15, 0.2) is 0 Å². The summed E-state index contributed by atoms with van der Waals surface area (Å²) in [5.74, 6) is 0.302. The SMILES string of the molecule is CC(CN)(NC(=O)CNC(=O)NC1CCCCC1)C1CC1.Cl. The fourth-order valence-electron chi connectivity index (χ4n) is 3.05. The van der Waals surface area contributed by atoms with Gasteiger partial charge in [0.2, 0.25) is 5.91 Å². The Balaban J connectivity index is 0.00000242. The van der Waals surface area contributed by atoms with Gasteiger partial charge in [-0.1, -0.05) is 19.3 Å². The Kier molecular flexibility index (Phi) is 7.42. The van der Waals surface area contributed by atoms with Gasteiger partial charge in [0.1, 0.15) is 0 Å². The molecule has 0 bridgehead atoms. The van der Waals surface area contributed by atoms with Crippen LogP contribution in [0.25, 0.3) is 0 Å². The quantitative estimate of drug-likeness (QED) is 0.590. The molecule has 2 saturated carbocycles. The predicted octanol–water partition coefficient (Wildman–Crippen LogP) is 1.28. The number of halogens is 1. The topological polar surface area (TPSA) is 96.2 Å². The van der Waals surface area contributed by atoms with Gasteiger partial charge in [0.25, 0.3) is 0 Å². The van der Waals surface area contributed by atoms with Crippen molar-refractivity contribution < 1.29 is 9.59 Å². The average molecular weight is 333 g/mol. The van der Waals surface area contributed by atoms with Crippen LogP contribution in [0.2, 0.25) is 0 Å². The molecule has 0 aromatic heterocycles. The summed E-state index contributed by atoms with van der Waals surface area (Å²) < 4.78 is 0. The minimum Gasteiger partial charge on any atom is -0.348 e. The number of carbonyl (C=O) groups excluding carboxylic acids is 2. The first-order valence-electron chi connectivity index (χ1n) is 8.09. The van der Waals surface area contributed by atoms with Gasteiger partial charge in [0, 0.05) is 12.6 Å². The van der Waals surface area contributed by atoms with Crippen molar-refractivity contribution in [3.05, 3.63) is 0 Å². The van der Waals surface area contributed by atoms with Crippen molar-refractivity contribution in [3.8, 4) is 0 Å². The van der Waals surface area contributed by atoms with Crippen molar-refractivity contribution in [1.29, 1.82) is 0 Å². The van der Waals surface area contributed by atoms with E-state index in [1.165, 1.54) is 19.3 Å². The summed E-state index contributed by atoms with van der Waals surface area (Å²) in [5, 5.41) is 8.52. The van der Waals surface area contributed by atoms with E-state index in [0.29, 0.717) is 12.5 Å². The van der Waals surface area contributed by atoms with Crippen molar-refractivity contribution in [2.45, 2.75) is 63.5 Å². The molecule has 2 aliphatic rings. The van der Waals surface area contributed by atoms with E-state index < -0.39 is 0 Å². The summed E-state index contributed by atoms with van der Waals surface area (Å²) in [5.41, 5.74) is 5.43. The number of rotatable bonds is 6. The lowest BCUT2D eigenvalue weighted by Crippen LogP contribution is -2.56. The number of urea groups is 1. The van der Waals surface area contributed by atoms with Crippen LogP contribution in [0.5, 0.6) is 0 Å². The second-order valence-electron chi connectivity index (χ2n) is 6.61. The van der Waals surface area contributed by atoms with E-state index in [0.717, 1.165) is 25.7 Å². The van der Waals surface area contributed by atoms with E-state index in [1.54, 1.807) is 0 Å². The second-order valence-corrected chi connectivity index (χ2v) is 6.61. The zero-order valence-electron chi connectivity index (χ0n) is 13.3. The van der Waals surface area contributed by atoms with Crippen LogP contribution in [-0.4, -0.2) is 36.6 Å². The molecule has 0 radical (unpaired) electrons. The molecule has 2 rings (SSSR count). The Labute approximate surface area is 138 Å². The summed E-state index contributed by atoms with van der Waals surface area (Å²) in [6.45, 7) is 2.41. The third-order valence-corrected chi connectivity index (χ3v) is 4.68. The minimum atomic E-state index is -0.335. The van der Waals surface area contributed by atoms with Crippen LogP contribution in [0.4, 0.5) is 4.79 Å². The molecule has 1 unspecified atom stereocenters. The Morgan fingerprint density at radius 3 is 2.32 bits per heavy atom. The molecule has 3 amide bonds. The molecular weight excluding hydrogens is 304 g/mol. The van der Waals surface area contributed by atoms with Crippen LogP contribution in [0.1, 0.15) is 51.9 Å². The Morgan fingerprint density at radius 2 is 1.77 bits per heavy atom. The highest BCUT2D eigenvalue weighted by atomic mass is 35.5. The lowest BCUT2D eigenvalue weighted by Gasteiger charge is -2.29. The van der Waals surface area contributed by atoms with E-state index in [1.807, 2.05) is 6.92 Å². The summed E-state index contributed by atoms with van der Waals surface area (Å²) in [7, 11) is 0. The fourth-order valence-corrected chi connectivity index (χ4v) is 3.05. The van der Waals surface area contributed by atoms with E-state index in [2.05, 4.69) is 16.0 Å². The van der Waals surface area contributed by atoms with Gasteiger partial charge < -0.3 is 21.7 Å². The third-order valence-electron chi connectivity index (χ3n) is 4.68. The first-order chi connectivity index (χ1) is 10.0. The van der Waals surface area contributed by atoms with Gasteiger partial charge in [-0.25, -0.2) is 4.79 Å². The summed E-state index contributed by atoms with van der Waals surface area (Å²) in [6, 6.07) is 0.000469. The number of carbonyl (C=O) groups is 2. The minimum absolute atomic E-state index is 0. The average Bonchev–Trinajstić information content (AvgIpc) is 3.31. The maximum Gasteiger partial charge on any atom is 0.315 e. The van der Waals surface area contributed by atoms with E-state index in [-0.39, 0.29) is 42.5 Å². The van der Waals surface area contributed by atoms with Crippen molar-refractivity contribution in [2.75, 3.05) is 13.1 Å². The monoisotopic (exact) mass is 332 g/mol. The van der Waals surface area contributed by atoms with Crippen molar-refractivity contribution >= 4 is 24.3 Å². The summed E-state index contributed by atoms with van der Waals surface area (Å²) in [6.07, 6.45) is 7.89. The maximum absolute atomic E-state index is 11.9. The van der Waals surface area contributed by atoms with Crippen LogP contribution in [0.3, 0.4) is 0 Å². The Hall–Kier alpha value is -1.01. The van der Waals surface area contributed by atoms with Gasteiger partial charge in [-0.3, -0.25) is 4.79 Å². The highest BCUT2D eigenvalue weighted by molar-refractivity contribution is 5.85. The normalized spacial score (nSPS) is 21.2. The van der Waals surface area contributed by atoms with E-state index in [4.69, 9.17) is 5.73 Å². The zero-order chi connectivity index (χ0) is 15.3. The molecule has 2 aliphatic carbocycles. The largest absolute Gasteiger partial charge is 0.348 e. The fraction of sp³-hybridized carbons (Fsp3) is 0.867. The van der Waals surface area contributed by atoms with Gasteiger partial charge in [-0.2, -0.15) is 0 Å². The smallest absolute Gasteiger partial charge is 0.315 e. The number of amides is 3. The molecule has 0 saturated heterocycles. The van der Waals surface area contributed by atoms with Crippen LogP contribution in [0, 0.1) is 5.92 Å². The number of hydrogen-bond acceptors (Lipinski definition) is 3. The van der Waals surface area contributed by atoms with Crippen LogP contribution in [-0.2, 0) is 4.79 Å². The number of nitrogens with two attached hydrogens (primary N) is 1. The standard InChI is InChI=1S/C15H28N4O2.ClH/c1-15(10-16,11-7-8-11)19-13(20)9-17-14(21)18-12-5-3-2-4-6-12;/h11-12H,2-10,16H2,1H3,(H,19,20)(H2,17,18,21);1H. The molecular formula is C15H29ClN4O2. The van der Waals surface area contributed by atoms with Gasteiger partial charge in [-0.05, 0) is 38.5 Å². The highest BCUT2D eigenvalue weighted by Crippen LogP contribution is 2.38. The predicted molar refractivity (Wildman–Crippen MR) is 89.0 cm³/mol. The molecule has 6 nitrogen and oxygen atoms in total. The lowest BCUT2D eigenvalue weighted by molar-refractivity contribution is -0.122. The zero-order valence-corrected chi connectivity index (χ0v) is 14.1. The Bertz CT molecular complexity index is 384. The molecule has 22 heavy (non-hydrogen) atoms. The molecule has 0 aliphatic heterocycles. The molecule has 7 heteroatoms. The van der Waals surface area contributed by atoms with Crippen molar-refractivity contribution in [3.63, 3.8) is 0 Å². The molecule has 0 aromatic carbocycles. The summed E-state index contributed by atoms with van der Waals surface area (Å²) in [4.78, 5) is 23.7. The van der Waals surface area contributed by atoms with Crippen LogP contribution < -0.4 is 21.7 Å². The molecule has 5 N–H and O–H groups in total. The first-order valence-corrected chi connectivity index (χ1v) is 8.09. The Morgan fingerprint density at radius 1 is 1.14 bits per heavy atom. The molecule has 0 aromatic rings. The molecule has 0 heterocycles. The van der Waals surface area contributed by atoms with Crippen LogP contribution in [0.15, 0.2) is 0 Å². The molecule has 1 atom stereocenters. The lowest BCUT2D eigenvalue weighted by atomic mass is 9.96. The number of hydrogen-bond donors (Lipinski definition) is 4. The molecule has 2 fully saturated rings. The maximum atomic E-state index is 11.9. The molecule has 0 spiro atoms. The van der Waals surface area contributed by atoms with E-state index in [9.17, 15) is 9.59 Å². The first kappa shape index (κ1) is 19.0. The highest BCUT2D eigenvalue weighted by Gasteiger charge is 2.41. The number of nitrogens with one attached hydrogen (secondary N) is 3. The second kappa shape index (κ2) is 8.58. The van der Waals surface area contributed by atoms with Gasteiger partial charge in [0.05, 0.1) is 12.1 Å². The van der Waals surface area contributed by atoms with Gasteiger partial charge in [-0.15, -0.1) is 12.4 Å². The van der Waals surface area contributed by atoms with Crippen molar-refractivity contribution in [1.82, 2.24) is 16.0 Å². The van der Waals surface area contributed by atoms with Gasteiger partial charge >= 0.3 is 6.03 Å².